The molecule has 0 atom stereocenters. The molecular formula is C22H21NO5. The highest BCUT2D eigenvalue weighted by Gasteiger charge is 2.33. The zero-order valence-electron chi connectivity index (χ0n) is 15.8. The Morgan fingerprint density at radius 3 is 2.07 bits per heavy atom. The third-order valence-electron chi connectivity index (χ3n) is 4.33. The van der Waals surface area contributed by atoms with Crippen LogP contribution in [0.4, 0.5) is 0 Å². The Bertz CT molecular complexity index is 1040. The van der Waals surface area contributed by atoms with Gasteiger partial charge in [0.1, 0.15) is 0 Å². The molecule has 3 aromatic rings. The molecule has 28 heavy (non-hydrogen) atoms. The minimum Gasteiger partial charge on any atom is -0.465 e. The Kier molecular flexibility index (Phi) is 5.89. The van der Waals surface area contributed by atoms with Crippen molar-refractivity contribution in [1.29, 1.82) is 0 Å². The van der Waals surface area contributed by atoms with E-state index in [0.717, 1.165) is 0 Å². The van der Waals surface area contributed by atoms with Gasteiger partial charge in [0.25, 0.3) is 5.56 Å². The number of rotatable bonds is 6. The van der Waals surface area contributed by atoms with E-state index in [0.29, 0.717) is 16.6 Å². The van der Waals surface area contributed by atoms with Crippen molar-refractivity contribution in [2.45, 2.75) is 19.8 Å². The summed E-state index contributed by atoms with van der Waals surface area (Å²) >= 11 is 0. The summed E-state index contributed by atoms with van der Waals surface area (Å²) in [5.74, 6) is -2.78. The Labute approximate surface area is 162 Å². The van der Waals surface area contributed by atoms with Gasteiger partial charge in [-0.2, -0.15) is 0 Å². The largest absolute Gasteiger partial charge is 0.465 e. The fraction of sp³-hybridized carbons (Fsp3) is 0.227. The lowest BCUT2D eigenvalue weighted by molar-refractivity contribution is -0.156. The summed E-state index contributed by atoms with van der Waals surface area (Å²) in [4.78, 5) is 38.1. The van der Waals surface area contributed by atoms with Crippen molar-refractivity contribution in [2.75, 3.05) is 13.2 Å². The minimum atomic E-state index is -1.32. The molecule has 1 heterocycles. The summed E-state index contributed by atoms with van der Waals surface area (Å²) in [6.07, 6.45) is 0. The second kappa shape index (κ2) is 8.52. The van der Waals surface area contributed by atoms with Crippen molar-refractivity contribution in [3.05, 3.63) is 76.6 Å². The molecule has 0 spiro atoms. The van der Waals surface area contributed by atoms with E-state index in [1.165, 1.54) is 6.07 Å². The van der Waals surface area contributed by atoms with Gasteiger partial charge in [-0.3, -0.25) is 19.0 Å². The van der Waals surface area contributed by atoms with Crippen LogP contribution in [0.25, 0.3) is 16.6 Å². The molecule has 6 nitrogen and oxygen atoms in total. The molecule has 0 amide bonds. The highest BCUT2D eigenvalue weighted by molar-refractivity contribution is 6.04. The second-order valence-electron chi connectivity index (χ2n) is 6.06. The van der Waals surface area contributed by atoms with Crippen LogP contribution in [0.15, 0.2) is 65.5 Å². The molecule has 6 heteroatoms. The Hall–Kier alpha value is -3.41. The average Bonchev–Trinajstić information content (AvgIpc) is 2.69. The first kappa shape index (κ1) is 19.4. The van der Waals surface area contributed by atoms with Gasteiger partial charge in [-0.1, -0.05) is 36.4 Å². The summed E-state index contributed by atoms with van der Waals surface area (Å²) in [5, 5.41) is 0.608. The van der Waals surface area contributed by atoms with E-state index in [2.05, 4.69) is 0 Å². The average molecular weight is 379 g/mol. The normalized spacial score (nSPS) is 10.8. The third kappa shape index (κ3) is 3.67. The lowest BCUT2D eigenvalue weighted by atomic mass is 9.95. The van der Waals surface area contributed by atoms with E-state index in [1.807, 2.05) is 30.3 Å². The molecule has 0 bridgehead atoms. The van der Waals surface area contributed by atoms with Crippen LogP contribution in [-0.4, -0.2) is 29.7 Å². The monoisotopic (exact) mass is 379 g/mol. The van der Waals surface area contributed by atoms with Gasteiger partial charge in [0, 0.05) is 17.1 Å². The number of fused-ring (bicyclic) bond motifs is 1. The van der Waals surface area contributed by atoms with Gasteiger partial charge in [0.05, 0.1) is 18.7 Å². The Balaban J connectivity index is 2.28. The Morgan fingerprint density at radius 1 is 0.893 bits per heavy atom. The van der Waals surface area contributed by atoms with Crippen LogP contribution in [0.3, 0.4) is 0 Å². The molecule has 0 aliphatic carbocycles. The number of esters is 2. The second-order valence-corrected chi connectivity index (χ2v) is 6.06. The number of para-hydroxylation sites is 2. The summed E-state index contributed by atoms with van der Waals surface area (Å²) in [5.41, 5.74) is 1.22. The van der Waals surface area contributed by atoms with E-state index >= 15 is 0 Å². The quantitative estimate of drug-likeness (QED) is 0.486. The fourth-order valence-corrected chi connectivity index (χ4v) is 3.19. The predicted octanol–water partition coefficient (Wildman–Crippen LogP) is 3.20. The number of aromatic nitrogens is 1. The number of carbonyl (C=O) groups excluding carboxylic acids is 2. The molecule has 0 aliphatic rings. The van der Waals surface area contributed by atoms with Crippen molar-refractivity contribution < 1.29 is 19.1 Å². The predicted molar refractivity (Wildman–Crippen MR) is 106 cm³/mol. The highest BCUT2D eigenvalue weighted by Crippen LogP contribution is 2.28. The third-order valence-corrected chi connectivity index (χ3v) is 4.33. The summed E-state index contributed by atoms with van der Waals surface area (Å²) < 4.78 is 11.7. The Morgan fingerprint density at radius 2 is 1.46 bits per heavy atom. The van der Waals surface area contributed by atoms with Gasteiger partial charge in [-0.15, -0.1) is 0 Å². The van der Waals surface area contributed by atoms with Crippen molar-refractivity contribution in [2.24, 2.45) is 0 Å². The van der Waals surface area contributed by atoms with Crippen LogP contribution in [0, 0.1) is 0 Å². The van der Waals surface area contributed by atoms with Crippen LogP contribution in [0.5, 0.6) is 0 Å². The van der Waals surface area contributed by atoms with Gasteiger partial charge in [0.15, 0.2) is 5.92 Å². The van der Waals surface area contributed by atoms with Crippen LogP contribution in [0.1, 0.15) is 25.3 Å². The van der Waals surface area contributed by atoms with E-state index in [4.69, 9.17) is 9.47 Å². The first-order chi connectivity index (χ1) is 13.6. The van der Waals surface area contributed by atoms with E-state index in [1.54, 1.807) is 42.7 Å². The van der Waals surface area contributed by atoms with Crippen molar-refractivity contribution in [3.63, 3.8) is 0 Å². The number of carbonyl (C=O) groups is 2. The number of ether oxygens (including phenoxy) is 2. The molecule has 0 saturated carbocycles. The maximum Gasteiger partial charge on any atom is 0.324 e. The minimum absolute atomic E-state index is 0.119. The van der Waals surface area contributed by atoms with E-state index < -0.39 is 17.9 Å². The number of benzene rings is 2. The molecule has 0 fully saturated rings. The molecule has 3 rings (SSSR count). The molecule has 0 aliphatic heterocycles. The van der Waals surface area contributed by atoms with Crippen molar-refractivity contribution in [1.82, 2.24) is 4.57 Å². The zero-order chi connectivity index (χ0) is 20.1. The zero-order valence-corrected chi connectivity index (χ0v) is 15.8. The van der Waals surface area contributed by atoms with Gasteiger partial charge in [0.2, 0.25) is 0 Å². The van der Waals surface area contributed by atoms with Crippen LogP contribution >= 0.6 is 0 Å². The summed E-state index contributed by atoms with van der Waals surface area (Å²) in [6.45, 7) is 3.55. The topological polar surface area (TPSA) is 74.6 Å². The molecule has 2 aromatic carbocycles. The van der Waals surface area contributed by atoms with Gasteiger partial charge >= 0.3 is 11.9 Å². The lowest BCUT2D eigenvalue weighted by Gasteiger charge is -2.18. The molecule has 0 N–H and O–H groups in total. The van der Waals surface area contributed by atoms with Crippen molar-refractivity contribution >= 4 is 22.8 Å². The SMILES string of the molecule is CCOC(=O)C(C(=O)OCC)c1cc(=O)n(-c2ccccc2)c2ccccc12. The van der Waals surface area contributed by atoms with E-state index in [9.17, 15) is 14.4 Å². The standard InChI is InChI=1S/C22H21NO5/c1-3-27-21(25)20(22(26)28-4-2)17-14-19(24)23(15-10-6-5-7-11-15)18-13-9-8-12-16(17)18/h5-14,20H,3-4H2,1-2H3. The highest BCUT2D eigenvalue weighted by atomic mass is 16.6. The van der Waals surface area contributed by atoms with Crippen molar-refractivity contribution in [3.8, 4) is 5.69 Å². The first-order valence-electron chi connectivity index (χ1n) is 9.11. The molecule has 144 valence electrons. The number of hydrogen-bond acceptors (Lipinski definition) is 5. The van der Waals surface area contributed by atoms with Gasteiger partial charge in [-0.05, 0) is 37.6 Å². The van der Waals surface area contributed by atoms with Crippen LogP contribution < -0.4 is 5.56 Å². The molecule has 0 saturated heterocycles. The molecule has 1 aromatic heterocycles. The van der Waals surface area contributed by atoms with Crippen LogP contribution in [-0.2, 0) is 19.1 Å². The number of pyridine rings is 1. The summed E-state index contributed by atoms with van der Waals surface area (Å²) in [7, 11) is 0. The van der Waals surface area contributed by atoms with Gasteiger partial charge < -0.3 is 9.47 Å². The lowest BCUT2D eigenvalue weighted by Crippen LogP contribution is -2.29. The maximum atomic E-state index is 13.0. The first-order valence-corrected chi connectivity index (χ1v) is 9.11. The maximum absolute atomic E-state index is 13.0. The summed E-state index contributed by atoms with van der Waals surface area (Å²) in [6, 6.07) is 17.6. The smallest absolute Gasteiger partial charge is 0.324 e. The van der Waals surface area contributed by atoms with Gasteiger partial charge in [-0.25, -0.2) is 0 Å². The number of hydrogen-bond donors (Lipinski definition) is 0. The molecule has 0 radical (unpaired) electrons. The van der Waals surface area contributed by atoms with E-state index in [-0.39, 0.29) is 24.3 Å². The fourth-order valence-electron chi connectivity index (χ4n) is 3.19. The number of nitrogens with zero attached hydrogens (tertiary/aromatic N) is 1. The molecular weight excluding hydrogens is 358 g/mol. The van der Waals surface area contributed by atoms with Crippen LogP contribution in [0.2, 0.25) is 0 Å². The molecule has 0 unspecified atom stereocenters.